The third kappa shape index (κ3) is 4.62. The van der Waals surface area contributed by atoms with Gasteiger partial charge in [-0.15, -0.1) is 0 Å². The number of aromatic nitrogens is 2. The van der Waals surface area contributed by atoms with Crippen molar-refractivity contribution in [2.45, 2.75) is 32.2 Å². The van der Waals surface area contributed by atoms with Crippen LogP contribution in [-0.2, 0) is 15.0 Å². The molecule has 39 heavy (non-hydrogen) atoms. The lowest BCUT2D eigenvalue weighted by Crippen LogP contribution is -2.29. The monoisotopic (exact) mass is 563 g/mol. The highest BCUT2D eigenvalue weighted by atomic mass is 35.5. The zero-order valence-corrected chi connectivity index (χ0v) is 23.6. The molecule has 0 radical (unpaired) electrons. The first-order chi connectivity index (χ1) is 18.5. The van der Waals surface area contributed by atoms with E-state index in [0.717, 1.165) is 10.3 Å². The molecular weight excluding hydrogens is 538 g/mol. The Bertz CT molecular complexity index is 1640. The number of rotatable bonds is 5. The number of nitrogens with zero attached hydrogens (tertiary/aromatic N) is 3. The number of methoxy groups -OCH3 is 2. The summed E-state index contributed by atoms with van der Waals surface area (Å²) in [5.74, 6) is -1.54. The predicted molar refractivity (Wildman–Crippen MR) is 152 cm³/mol. The number of halogens is 1. The Morgan fingerprint density at radius 3 is 2.46 bits per heavy atom. The number of aliphatic hydroxyl groups excluding tert-OH is 1. The molecule has 0 spiro atoms. The number of pyridine rings is 1. The number of hydrogen-bond donors (Lipinski definition) is 1. The Labute approximate surface area is 234 Å². The molecule has 1 saturated heterocycles. The van der Waals surface area contributed by atoms with E-state index in [-0.39, 0.29) is 27.3 Å². The molecule has 200 valence electrons. The Kier molecular flexibility index (Phi) is 6.82. The van der Waals surface area contributed by atoms with Crippen molar-refractivity contribution in [2.75, 3.05) is 19.1 Å². The van der Waals surface area contributed by atoms with Crippen LogP contribution in [0.1, 0.15) is 43.5 Å². The van der Waals surface area contributed by atoms with E-state index in [2.05, 4.69) is 31.8 Å². The summed E-state index contributed by atoms with van der Waals surface area (Å²) in [6.45, 7) is 6.37. The molecule has 8 nitrogen and oxygen atoms in total. The number of hydrogen-bond acceptors (Lipinski definition) is 8. The lowest BCUT2D eigenvalue weighted by molar-refractivity contribution is -0.132. The van der Waals surface area contributed by atoms with Crippen LogP contribution in [0.2, 0.25) is 5.02 Å². The van der Waals surface area contributed by atoms with Gasteiger partial charge in [0.1, 0.15) is 17.3 Å². The summed E-state index contributed by atoms with van der Waals surface area (Å²) in [7, 11) is 2.88. The molecule has 2 aromatic carbocycles. The second-order valence-corrected chi connectivity index (χ2v) is 11.5. The quantitative estimate of drug-likeness (QED) is 0.173. The van der Waals surface area contributed by atoms with Crippen molar-refractivity contribution >= 4 is 55.7 Å². The van der Waals surface area contributed by atoms with Gasteiger partial charge in [0.05, 0.1) is 46.6 Å². The molecule has 1 aliphatic rings. The van der Waals surface area contributed by atoms with Crippen LogP contribution in [0.5, 0.6) is 11.5 Å². The Balaban J connectivity index is 1.72. The molecule has 1 aliphatic heterocycles. The van der Waals surface area contributed by atoms with Gasteiger partial charge in [-0.2, -0.15) is 0 Å². The molecule has 1 amide bonds. The zero-order chi connectivity index (χ0) is 28.1. The topological polar surface area (TPSA) is 102 Å². The Morgan fingerprint density at radius 1 is 1.08 bits per heavy atom. The van der Waals surface area contributed by atoms with Gasteiger partial charge in [0.2, 0.25) is 0 Å². The first-order valence-corrected chi connectivity index (χ1v) is 13.3. The minimum atomic E-state index is -0.980. The SMILES string of the molecule is COc1cc(OC)c(/C(O)=C2\C(=O)C(=O)N(c3nc4ccc(C(C)(C)C)cc4s3)C2c2cccnc2)cc1Cl. The van der Waals surface area contributed by atoms with Gasteiger partial charge in [0.25, 0.3) is 5.78 Å². The summed E-state index contributed by atoms with van der Waals surface area (Å²) in [5, 5.41) is 12.1. The van der Waals surface area contributed by atoms with E-state index in [9.17, 15) is 14.7 Å². The molecule has 0 aliphatic carbocycles. The number of fused-ring (bicyclic) bond motifs is 1. The van der Waals surface area contributed by atoms with Crippen LogP contribution in [0, 0.1) is 0 Å². The maximum absolute atomic E-state index is 13.6. The summed E-state index contributed by atoms with van der Waals surface area (Å²) in [6.07, 6.45) is 3.15. The summed E-state index contributed by atoms with van der Waals surface area (Å²) >= 11 is 7.66. The third-order valence-electron chi connectivity index (χ3n) is 6.62. The normalized spacial score (nSPS) is 17.2. The smallest absolute Gasteiger partial charge is 0.301 e. The second kappa shape index (κ2) is 9.98. The molecule has 3 heterocycles. The van der Waals surface area contributed by atoms with Crippen molar-refractivity contribution in [3.8, 4) is 11.5 Å². The summed E-state index contributed by atoms with van der Waals surface area (Å²) < 4.78 is 11.6. The molecule has 10 heteroatoms. The Hall–Kier alpha value is -3.95. The van der Waals surface area contributed by atoms with Gasteiger partial charge in [-0.3, -0.25) is 19.5 Å². The Morgan fingerprint density at radius 2 is 1.82 bits per heavy atom. The lowest BCUT2D eigenvalue weighted by Gasteiger charge is -2.23. The molecule has 0 bridgehead atoms. The van der Waals surface area contributed by atoms with Crippen molar-refractivity contribution < 1.29 is 24.2 Å². The van der Waals surface area contributed by atoms with Gasteiger partial charge in [-0.25, -0.2) is 4.98 Å². The van der Waals surface area contributed by atoms with Crippen LogP contribution in [-0.4, -0.2) is 41.0 Å². The van der Waals surface area contributed by atoms with Crippen molar-refractivity contribution in [3.05, 3.63) is 82.1 Å². The van der Waals surface area contributed by atoms with Gasteiger partial charge in [-0.1, -0.05) is 55.8 Å². The first kappa shape index (κ1) is 26.6. The fourth-order valence-electron chi connectivity index (χ4n) is 4.56. The van der Waals surface area contributed by atoms with Gasteiger partial charge in [0, 0.05) is 18.5 Å². The number of ketones is 1. The average molecular weight is 564 g/mol. The van der Waals surface area contributed by atoms with Crippen LogP contribution < -0.4 is 14.4 Å². The van der Waals surface area contributed by atoms with Crippen LogP contribution in [0.4, 0.5) is 5.13 Å². The number of aliphatic hydroxyl groups is 1. The van der Waals surface area contributed by atoms with Gasteiger partial charge in [-0.05, 0) is 40.8 Å². The minimum absolute atomic E-state index is 0.0730. The number of amides is 1. The number of carbonyl (C=O) groups excluding carboxylic acids is 2. The average Bonchev–Trinajstić information content (AvgIpc) is 3.45. The van der Waals surface area contributed by atoms with E-state index >= 15 is 0 Å². The van der Waals surface area contributed by atoms with Crippen molar-refractivity contribution in [1.29, 1.82) is 0 Å². The molecule has 1 fully saturated rings. The largest absolute Gasteiger partial charge is 0.507 e. The molecule has 1 N–H and O–H groups in total. The first-order valence-electron chi connectivity index (χ1n) is 12.1. The van der Waals surface area contributed by atoms with E-state index in [0.29, 0.717) is 22.0 Å². The summed E-state index contributed by atoms with van der Waals surface area (Å²) in [6, 6.07) is 11.4. The predicted octanol–water partition coefficient (Wildman–Crippen LogP) is 6.29. The van der Waals surface area contributed by atoms with E-state index in [1.807, 2.05) is 12.1 Å². The van der Waals surface area contributed by atoms with Crippen LogP contribution in [0.3, 0.4) is 0 Å². The van der Waals surface area contributed by atoms with Crippen molar-refractivity contribution in [1.82, 2.24) is 9.97 Å². The highest BCUT2D eigenvalue weighted by Gasteiger charge is 2.48. The molecular formula is C29H26ClN3O5S. The number of anilines is 1. The maximum Gasteiger partial charge on any atom is 0.301 e. The number of Topliss-reactive ketones (excluding diaryl/α,β-unsaturated/α-hetero) is 1. The number of carbonyl (C=O) groups is 2. The zero-order valence-electron chi connectivity index (χ0n) is 22.0. The fraction of sp³-hybridized carbons (Fsp3) is 0.241. The third-order valence-corrected chi connectivity index (χ3v) is 7.94. The number of ether oxygens (including phenoxy) is 2. The van der Waals surface area contributed by atoms with Crippen molar-refractivity contribution in [3.63, 3.8) is 0 Å². The maximum atomic E-state index is 13.6. The van der Waals surface area contributed by atoms with E-state index in [1.54, 1.807) is 24.5 Å². The van der Waals surface area contributed by atoms with E-state index in [4.69, 9.17) is 26.1 Å². The number of benzene rings is 2. The highest BCUT2D eigenvalue weighted by molar-refractivity contribution is 7.22. The molecule has 2 aromatic heterocycles. The minimum Gasteiger partial charge on any atom is -0.507 e. The molecule has 4 aromatic rings. The van der Waals surface area contributed by atoms with Crippen LogP contribution in [0.25, 0.3) is 16.0 Å². The van der Waals surface area contributed by atoms with Gasteiger partial charge in [0.15, 0.2) is 5.13 Å². The molecule has 1 atom stereocenters. The number of thiazole rings is 1. The van der Waals surface area contributed by atoms with E-state index in [1.165, 1.54) is 42.6 Å². The second-order valence-electron chi connectivity index (χ2n) is 10.1. The molecule has 5 rings (SSSR count). The van der Waals surface area contributed by atoms with Gasteiger partial charge >= 0.3 is 5.91 Å². The highest BCUT2D eigenvalue weighted by Crippen LogP contribution is 2.46. The van der Waals surface area contributed by atoms with Crippen molar-refractivity contribution in [2.24, 2.45) is 0 Å². The van der Waals surface area contributed by atoms with Crippen LogP contribution in [0.15, 0.2) is 60.4 Å². The van der Waals surface area contributed by atoms with Gasteiger partial charge < -0.3 is 14.6 Å². The standard InChI is InChI=1S/C29H26ClN3O5S/c1-29(2,3)16-8-9-19-22(11-16)39-28(32-19)33-24(15-7-6-10-31-14-15)23(26(35)27(33)36)25(34)17-12-18(30)21(38-5)13-20(17)37-4/h6-14,24,34H,1-5H3/b25-23+. The van der Waals surface area contributed by atoms with Crippen LogP contribution >= 0.6 is 22.9 Å². The summed E-state index contributed by atoms with van der Waals surface area (Å²) in [4.78, 5) is 37.3. The molecule has 0 saturated carbocycles. The van der Waals surface area contributed by atoms with E-state index < -0.39 is 23.5 Å². The molecule has 1 unspecified atom stereocenters. The lowest BCUT2D eigenvalue weighted by atomic mass is 9.87. The summed E-state index contributed by atoms with van der Waals surface area (Å²) in [5.41, 5.74) is 2.32. The fourth-order valence-corrected chi connectivity index (χ4v) is 5.83.